The monoisotopic (exact) mass is 490 g/mol. The first-order chi connectivity index (χ1) is 16.4. The number of carboxylic acids is 1. The molecule has 0 spiro atoms. The summed E-state index contributed by atoms with van der Waals surface area (Å²) in [5.41, 5.74) is 1.47. The number of amides is 2. The highest BCUT2D eigenvalue weighted by atomic mass is 35.5. The van der Waals surface area contributed by atoms with E-state index in [2.05, 4.69) is 10.6 Å². The van der Waals surface area contributed by atoms with Crippen molar-refractivity contribution < 1.29 is 19.5 Å². The fourth-order valence-electron chi connectivity index (χ4n) is 3.44. The zero-order chi connectivity index (χ0) is 24.1. The number of thioether (sulfide) groups is 1. The van der Waals surface area contributed by atoms with Gasteiger partial charge in [-0.05, 0) is 53.9 Å². The number of nitrogens with one attached hydrogen (secondary N) is 2. The molecular formula is C26H19ClN2O4S. The number of rotatable bonds is 7. The fourth-order valence-corrected chi connectivity index (χ4v) is 4.32. The van der Waals surface area contributed by atoms with Crippen LogP contribution in [0.2, 0.25) is 5.02 Å². The third-order valence-electron chi connectivity index (χ3n) is 5.01. The molecule has 0 unspecified atom stereocenters. The lowest BCUT2D eigenvalue weighted by atomic mass is 9.98. The Morgan fingerprint density at radius 1 is 0.794 bits per heavy atom. The van der Waals surface area contributed by atoms with Gasteiger partial charge in [-0.1, -0.05) is 48.0 Å². The van der Waals surface area contributed by atoms with Crippen LogP contribution in [0.4, 0.5) is 11.4 Å². The van der Waals surface area contributed by atoms with Crippen LogP contribution < -0.4 is 10.6 Å². The van der Waals surface area contributed by atoms with Crippen molar-refractivity contribution in [2.45, 2.75) is 4.90 Å². The Balaban J connectivity index is 1.41. The van der Waals surface area contributed by atoms with Crippen LogP contribution in [0.15, 0.2) is 89.8 Å². The average Bonchev–Trinajstić information content (AvgIpc) is 2.84. The molecule has 4 rings (SSSR count). The van der Waals surface area contributed by atoms with E-state index in [0.717, 1.165) is 4.90 Å². The molecule has 0 atom stereocenters. The minimum Gasteiger partial charge on any atom is -0.478 e. The van der Waals surface area contributed by atoms with Crippen molar-refractivity contribution in [1.82, 2.24) is 0 Å². The van der Waals surface area contributed by atoms with E-state index in [-0.39, 0.29) is 22.8 Å². The second kappa shape index (κ2) is 10.4. The fraction of sp³-hybridized carbons (Fsp3) is 0.0385. The molecule has 170 valence electrons. The standard InChI is InChI=1S/C26H19ClN2O4S/c27-21-9-1-2-10-22(21)29-23(30)15-34-18-13-11-17(12-14-18)28-25(31)19-7-3-5-16-6-4-8-20(24(16)19)26(32)33/h1-14H,15H2,(H,28,31)(H,29,30)(H,32,33). The summed E-state index contributed by atoms with van der Waals surface area (Å²) in [4.78, 5) is 37.6. The van der Waals surface area contributed by atoms with E-state index in [1.165, 1.54) is 17.8 Å². The Bertz CT molecular complexity index is 1380. The van der Waals surface area contributed by atoms with Crippen LogP contribution in [0.1, 0.15) is 20.7 Å². The summed E-state index contributed by atoms with van der Waals surface area (Å²) in [6, 6.07) is 24.1. The van der Waals surface area contributed by atoms with Gasteiger partial charge in [0, 0.05) is 21.5 Å². The number of anilines is 2. The molecule has 0 radical (unpaired) electrons. The molecular weight excluding hydrogens is 472 g/mol. The summed E-state index contributed by atoms with van der Waals surface area (Å²) in [5.74, 6) is -1.48. The maximum Gasteiger partial charge on any atom is 0.336 e. The van der Waals surface area contributed by atoms with Crippen molar-refractivity contribution in [3.8, 4) is 0 Å². The Labute approximate surface area is 204 Å². The van der Waals surface area contributed by atoms with Gasteiger partial charge >= 0.3 is 5.97 Å². The number of carbonyl (C=O) groups is 3. The first-order valence-electron chi connectivity index (χ1n) is 10.3. The van der Waals surface area contributed by atoms with E-state index < -0.39 is 11.9 Å². The Morgan fingerprint density at radius 3 is 2.15 bits per heavy atom. The van der Waals surface area contributed by atoms with E-state index in [9.17, 15) is 19.5 Å². The summed E-state index contributed by atoms with van der Waals surface area (Å²) < 4.78 is 0. The third kappa shape index (κ3) is 5.39. The molecule has 4 aromatic rings. The number of para-hydroxylation sites is 1. The molecule has 8 heteroatoms. The number of fused-ring (bicyclic) bond motifs is 1. The van der Waals surface area contributed by atoms with Gasteiger partial charge in [-0.25, -0.2) is 4.79 Å². The lowest BCUT2D eigenvalue weighted by molar-refractivity contribution is -0.113. The number of carbonyl (C=O) groups excluding carboxylic acids is 2. The number of aromatic carboxylic acids is 1. The number of benzene rings is 4. The van der Waals surface area contributed by atoms with Crippen molar-refractivity contribution in [2.24, 2.45) is 0 Å². The largest absolute Gasteiger partial charge is 0.478 e. The highest BCUT2D eigenvalue weighted by Gasteiger charge is 2.16. The van der Waals surface area contributed by atoms with Crippen molar-refractivity contribution in [3.63, 3.8) is 0 Å². The summed E-state index contributed by atoms with van der Waals surface area (Å²) in [6.45, 7) is 0. The topological polar surface area (TPSA) is 95.5 Å². The third-order valence-corrected chi connectivity index (χ3v) is 6.35. The Hall–Kier alpha value is -3.81. The van der Waals surface area contributed by atoms with Crippen molar-refractivity contribution in [2.75, 3.05) is 16.4 Å². The molecule has 0 saturated carbocycles. The zero-order valence-electron chi connectivity index (χ0n) is 17.7. The average molecular weight is 491 g/mol. The summed E-state index contributed by atoms with van der Waals surface area (Å²) in [6.07, 6.45) is 0. The molecule has 0 aliphatic carbocycles. The summed E-state index contributed by atoms with van der Waals surface area (Å²) in [7, 11) is 0. The molecule has 0 aliphatic rings. The minimum absolute atomic E-state index is 0.0741. The van der Waals surface area contributed by atoms with Gasteiger partial charge in [0.25, 0.3) is 5.91 Å². The van der Waals surface area contributed by atoms with Crippen LogP contribution in [0.25, 0.3) is 10.8 Å². The van der Waals surface area contributed by atoms with Gasteiger partial charge in [0.15, 0.2) is 0 Å². The minimum atomic E-state index is -1.09. The maximum atomic E-state index is 12.9. The van der Waals surface area contributed by atoms with E-state index in [1.54, 1.807) is 78.9 Å². The SMILES string of the molecule is O=C(CSc1ccc(NC(=O)c2cccc3cccc(C(=O)O)c23)cc1)Nc1ccccc1Cl. The van der Waals surface area contributed by atoms with Crippen LogP contribution in [0.3, 0.4) is 0 Å². The first-order valence-corrected chi connectivity index (χ1v) is 11.6. The number of halogens is 1. The number of carboxylic acid groups (broad SMARTS) is 1. The van der Waals surface area contributed by atoms with Crippen LogP contribution in [0, 0.1) is 0 Å². The Kier molecular flexibility index (Phi) is 7.15. The molecule has 0 aromatic heterocycles. The van der Waals surface area contributed by atoms with Gasteiger partial charge in [-0.3, -0.25) is 9.59 Å². The molecule has 2 amide bonds. The van der Waals surface area contributed by atoms with E-state index >= 15 is 0 Å². The predicted molar refractivity (Wildman–Crippen MR) is 136 cm³/mol. The maximum absolute atomic E-state index is 12.9. The molecule has 34 heavy (non-hydrogen) atoms. The molecule has 0 bridgehead atoms. The zero-order valence-corrected chi connectivity index (χ0v) is 19.3. The van der Waals surface area contributed by atoms with Crippen molar-refractivity contribution in [1.29, 1.82) is 0 Å². The van der Waals surface area contributed by atoms with E-state index in [4.69, 9.17) is 11.6 Å². The molecule has 0 saturated heterocycles. The van der Waals surface area contributed by atoms with Crippen LogP contribution in [-0.4, -0.2) is 28.6 Å². The van der Waals surface area contributed by atoms with Gasteiger partial charge in [-0.15, -0.1) is 11.8 Å². The Morgan fingerprint density at radius 2 is 1.47 bits per heavy atom. The van der Waals surface area contributed by atoms with Gasteiger partial charge < -0.3 is 15.7 Å². The normalized spacial score (nSPS) is 10.6. The van der Waals surface area contributed by atoms with Gasteiger partial charge in [0.1, 0.15) is 0 Å². The molecule has 0 fully saturated rings. The van der Waals surface area contributed by atoms with E-state index in [1.807, 2.05) is 0 Å². The molecule has 4 aromatic carbocycles. The number of hydrogen-bond acceptors (Lipinski definition) is 4. The van der Waals surface area contributed by atoms with Crippen molar-refractivity contribution in [3.05, 3.63) is 101 Å². The van der Waals surface area contributed by atoms with Gasteiger partial charge in [0.05, 0.1) is 22.0 Å². The lowest BCUT2D eigenvalue weighted by Gasteiger charge is -2.11. The second-order valence-electron chi connectivity index (χ2n) is 7.31. The molecule has 3 N–H and O–H groups in total. The van der Waals surface area contributed by atoms with Gasteiger partial charge in [-0.2, -0.15) is 0 Å². The smallest absolute Gasteiger partial charge is 0.336 e. The molecule has 6 nitrogen and oxygen atoms in total. The van der Waals surface area contributed by atoms with Gasteiger partial charge in [0.2, 0.25) is 5.91 Å². The van der Waals surface area contributed by atoms with Crippen LogP contribution >= 0.6 is 23.4 Å². The predicted octanol–water partition coefficient (Wildman–Crippen LogP) is 6.17. The summed E-state index contributed by atoms with van der Waals surface area (Å²) >= 11 is 7.41. The second-order valence-corrected chi connectivity index (χ2v) is 8.77. The lowest BCUT2D eigenvalue weighted by Crippen LogP contribution is -2.14. The molecule has 0 aliphatic heterocycles. The van der Waals surface area contributed by atoms with E-state index in [0.29, 0.717) is 27.2 Å². The highest BCUT2D eigenvalue weighted by Crippen LogP contribution is 2.26. The quantitative estimate of drug-likeness (QED) is 0.269. The highest BCUT2D eigenvalue weighted by molar-refractivity contribution is 8.00. The number of hydrogen-bond donors (Lipinski definition) is 3. The summed E-state index contributed by atoms with van der Waals surface area (Å²) in [5, 5.41) is 16.7. The van der Waals surface area contributed by atoms with Crippen molar-refractivity contribution >= 4 is 63.3 Å². The van der Waals surface area contributed by atoms with Crippen LogP contribution in [-0.2, 0) is 4.79 Å². The first kappa shape index (κ1) is 23.4. The van der Waals surface area contributed by atoms with Crippen LogP contribution in [0.5, 0.6) is 0 Å². The molecule has 0 heterocycles.